The quantitative estimate of drug-likeness (QED) is 0.0255. The number of hydrogen-bond donors (Lipinski definition) is 3. The number of carbonyl (C=O) groups excluding carboxylic acids is 1. The lowest BCUT2D eigenvalue weighted by Gasteiger charge is -2.20. The second-order valence-electron chi connectivity index (χ2n) is 11.6. The number of esters is 1. The van der Waals surface area contributed by atoms with Crippen molar-refractivity contribution in [3.8, 4) is 0 Å². The van der Waals surface area contributed by atoms with Crippen LogP contribution in [0.25, 0.3) is 0 Å². The van der Waals surface area contributed by atoms with E-state index >= 15 is 0 Å². The van der Waals surface area contributed by atoms with Gasteiger partial charge in [0.2, 0.25) is 0 Å². The van der Waals surface area contributed by atoms with Crippen molar-refractivity contribution in [1.29, 1.82) is 0 Å². The third-order valence-corrected chi connectivity index (χ3v) is 7.74. The zero-order chi connectivity index (χ0) is 39.1. The van der Waals surface area contributed by atoms with Crippen molar-refractivity contribution in [3.05, 3.63) is 122 Å². The molecule has 4 N–H and O–H groups in total. The van der Waals surface area contributed by atoms with E-state index in [1.807, 2.05) is 24.3 Å². The first kappa shape index (κ1) is 49.4. The Morgan fingerprint density at radius 3 is 1.38 bits per heavy atom. The van der Waals surface area contributed by atoms with Gasteiger partial charge in [0.1, 0.15) is 12.1 Å². The maximum absolute atomic E-state index is 12.5. The maximum Gasteiger partial charge on any atom is 0.472 e. The van der Waals surface area contributed by atoms with E-state index in [0.717, 1.165) is 57.8 Å². The molecular weight excluding hydrogens is 693 g/mol. The highest BCUT2D eigenvalue weighted by atomic mass is 31.2. The van der Waals surface area contributed by atoms with Gasteiger partial charge in [-0.25, -0.2) is 4.57 Å². The Hall–Kier alpha value is -3.63. The first-order valence-corrected chi connectivity index (χ1v) is 20.1. The fourth-order valence-electron chi connectivity index (χ4n) is 3.98. The first-order valence-electron chi connectivity index (χ1n) is 18.6. The van der Waals surface area contributed by atoms with Crippen LogP contribution in [0.15, 0.2) is 122 Å². The molecule has 0 saturated heterocycles. The van der Waals surface area contributed by atoms with Crippen LogP contribution in [0.5, 0.6) is 0 Å². The van der Waals surface area contributed by atoms with E-state index in [1.54, 1.807) is 6.08 Å². The Morgan fingerprint density at radius 1 is 0.585 bits per heavy atom. The molecule has 3 atom stereocenters. The van der Waals surface area contributed by atoms with Crippen molar-refractivity contribution >= 4 is 19.8 Å². The molecule has 0 aliphatic heterocycles. The van der Waals surface area contributed by atoms with Crippen LogP contribution in [0, 0.1) is 0 Å². The largest absolute Gasteiger partial charge is 0.480 e. The van der Waals surface area contributed by atoms with Crippen molar-refractivity contribution < 1.29 is 42.7 Å². The van der Waals surface area contributed by atoms with Gasteiger partial charge in [-0.1, -0.05) is 135 Å². The smallest absolute Gasteiger partial charge is 0.472 e. The molecule has 0 spiro atoms. The number of allylic oxidation sites excluding steroid dienone is 18. The zero-order valence-corrected chi connectivity index (χ0v) is 32.7. The summed E-state index contributed by atoms with van der Waals surface area (Å²) in [5.74, 6) is -1.96. The summed E-state index contributed by atoms with van der Waals surface area (Å²) in [5, 5.41) is 8.86. The summed E-state index contributed by atoms with van der Waals surface area (Å²) in [5.41, 5.74) is 5.32. The molecule has 0 radical (unpaired) electrons. The van der Waals surface area contributed by atoms with E-state index in [0.29, 0.717) is 19.4 Å². The molecule has 0 rings (SSSR count). The third kappa shape index (κ3) is 36.5. The molecule has 0 aliphatic carbocycles. The van der Waals surface area contributed by atoms with Crippen LogP contribution >= 0.6 is 7.82 Å². The number of carboxylic acid groups (broad SMARTS) is 1. The monoisotopic (exact) mass is 757 g/mol. The molecule has 3 unspecified atom stereocenters. The molecular formula is C42H64NO9P. The fraction of sp³-hybridized carbons (Fsp3) is 0.476. The van der Waals surface area contributed by atoms with Crippen LogP contribution in [0.2, 0.25) is 0 Å². The molecule has 0 heterocycles. The first-order chi connectivity index (χ1) is 25.7. The van der Waals surface area contributed by atoms with Gasteiger partial charge in [0.05, 0.1) is 32.8 Å². The van der Waals surface area contributed by atoms with E-state index in [1.165, 1.54) is 0 Å². The summed E-state index contributed by atoms with van der Waals surface area (Å²) in [4.78, 5) is 33.3. The molecule has 0 saturated carbocycles. The molecule has 10 nitrogen and oxygen atoms in total. The van der Waals surface area contributed by atoms with Gasteiger partial charge in [-0.2, -0.15) is 0 Å². The van der Waals surface area contributed by atoms with E-state index in [4.69, 9.17) is 24.8 Å². The van der Waals surface area contributed by atoms with Gasteiger partial charge in [-0.3, -0.25) is 18.6 Å². The highest BCUT2D eigenvalue weighted by Gasteiger charge is 2.27. The van der Waals surface area contributed by atoms with Crippen LogP contribution in [0.4, 0.5) is 0 Å². The van der Waals surface area contributed by atoms with Crippen LogP contribution < -0.4 is 5.73 Å². The number of ether oxygens (including phenoxy) is 2. The van der Waals surface area contributed by atoms with Crippen LogP contribution in [-0.4, -0.2) is 60.5 Å². The van der Waals surface area contributed by atoms with Crippen molar-refractivity contribution in [2.75, 3.05) is 26.4 Å². The van der Waals surface area contributed by atoms with E-state index in [9.17, 15) is 19.0 Å². The fourth-order valence-corrected chi connectivity index (χ4v) is 4.75. The standard InChI is InChI=1S/C42H64NO9P/c1-3-5-7-9-11-13-15-17-19-21-23-25-27-29-31-33-35-49-36-39(37-50-53(47,48)51-38-40(43)42(45)46)52-41(44)34-32-30-28-26-24-22-20-18-16-14-12-10-8-6-4-2/h5-8,11-14,17-20,23-26,29-32,39-40H,3-4,9-10,15-16,21-22,27-28,33-38,43H2,1-2H3,(H,45,46)(H,47,48)/b7-5-,8-6-,13-11-,14-12-,19-17-,20-18-,25-23-,26-24-,31-29-,32-30-. The third-order valence-electron chi connectivity index (χ3n) is 6.79. The average Bonchev–Trinajstić information content (AvgIpc) is 3.13. The second-order valence-corrected chi connectivity index (χ2v) is 13.1. The highest BCUT2D eigenvalue weighted by Crippen LogP contribution is 2.43. The normalized spacial score (nSPS) is 15.4. The number of rotatable bonds is 33. The van der Waals surface area contributed by atoms with Crippen molar-refractivity contribution in [3.63, 3.8) is 0 Å². The number of carboxylic acids is 1. The molecule has 0 aromatic rings. The highest BCUT2D eigenvalue weighted by molar-refractivity contribution is 7.47. The average molecular weight is 758 g/mol. The number of nitrogens with two attached hydrogens (primary N) is 1. The number of hydrogen-bond acceptors (Lipinski definition) is 8. The van der Waals surface area contributed by atoms with Gasteiger partial charge in [-0.15, -0.1) is 0 Å². The topological polar surface area (TPSA) is 155 Å². The summed E-state index contributed by atoms with van der Waals surface area (Å²) in [7, 11) is -4.66. The molecule has 11 heteroatoms. The second kappa shape index (κ2) is 36.7. The molecule has 0 aliphatic rings. The van der Waals surface area contributed by atoms with E-state index in [2.05, 4.69) is 110 Å². The predicted molar refractivity (Wildman–Crippen MR) is 216 cm³/mol. The van der Waals surface area contributed by atoms with Crippen LogP contribution in [0.1, 0.15) is 90.9 Å². The lowest BCUT2D eigenvalue weighted by molar-refractivity contribution is -0.153. The van der Waals surface area contributed by atoms with Crippen molar-refractivity contribution in [2.45, 2.75) is 103 Å². The van der Waals surface area contributed by atoms with Crippen LogP contribution in [-0.2, 0) is 32.7 Å². The lowest BCUT2D eigenvalue weighted by Crippen LogP contribution is -2.34. The molecule has 0 fully saturated rings. The number of aliphatic carboxylic acids is 1. The number of phosphoric acid groups is 1. The Labute approximate surface area is 318 Å². The minimum absolute atomic E-state index is 0.00912. The van der Waals surface area contributed by atoms with Gasteiger partial charge in [0.15, 0.2) is 0 Å². The van der Waals surface area contributed by atoms with E-state index in [-0.39, 0.29) is 13.0 Å². The summed E-state index contributed by atoms with van der Waals surface area (Å²) in [6, 6.07) is -1.50. The minimum atomic E-state index is -4.66. The Balaban J connectivity index is 4.63. The molecule has 296 valence electrons. The number of carbonyl (C=O) groups is 2. The summed E-state index contributed by atoms with van der Waals surface area (Å²) in [6.07, 6.45) is 50.3. The van der Waals surface area contributed by atoms with Gasteiger partial charge in [-0.05, 0) is 70.6 Å². The van der Waals surface area contributed by atoms with Gasteiger partial charge in [0, 0.05) is 0 Å². The van der Waals surface area contributed by atoms with Gasteiger partial charge in [0.25, 0.3) is 0 Å². The van der Waals surface area contributed by atoms with Gasteiger partial charge >= 0.3 is 19.8 Å². The SMILES string of the molecule is CC/C=C\C/C=C\C/C=C\C/C=C\C/C=C\CCOCC(COP(=O)(O)OCC(N)C(=O)O)OC(=O)C/C=C\C/C=C\C/C=C\C/C=C\C/C=C\CC. The van der Waals surface area contributed by atoms with Crippen molar-refractivity contribution in [2.24, 2.45) is 5.73 Å². The lowest BCUT2D eigenvalue weighted by atomic mass is 10.2. The number of phosphoric ester groups is 1. The zero-order valence-electron chi connectivity index (χ0n) is 31.8. The predicted octanol–water partition coefficient (Wildman–Crippen LogP) is 9.74. The summed E-state index contributed by atoms with van der Waals surface area (Å²) in [6.45, 7) is 3.25. The molecule has 0 aromatic carbocycles. The molecule has 0 aromatic heterocycles. The Kier molecular flexibility index (Phi) is 34.2. The molecule has 0 bridgehead atoms. The van der Waals surface area contributed by atoms with Crippen molar-refractivity contribution in [1.82, 2.24) is 0 Å². The molecule has 53 heavy (non-hydrogen) atoms. The summed E-state index contributed by atoms with van der Waals surface area (Å²) >= 11 is 0. The molecule has 0 amide bonds. The van der Waals surface area contributed by atoms with Gasteiger partial charge < -0.3 is 25.2 Å². The maximum atomic E-state index is 12.5. The minimum Gasteiger partial charge on any atom is -0.480 e. The summed E-state index contributed by atoms with van der Waals surface area (Å²) < 4.78 is 32.9. The Morgan fingerprint density at radius 2 is 0.962 bits per heavy atom. The van der Waals surface area contributed by atoms with Crippen LogP contribution in [0.3, 0.4) is 0 Å². The Bertz CT molecular complexity index is 1290. The van der Waals surface area contributed by atoms with E-state index < -0.39 is 45.1 Å².